The maximum atomic E-state index is 13.4. The quantitative estimate of drug-likeness (QED) is 0.703. The molecule has 2 aromatic rings. The normalized spacial score (nSPS) is 19.5. The van der Waals surface area contributed by atoms with Gasteiger partial charge in [-0.3, -0.25) is 19.2 Å². The van der Waals surface area contributed by atoms with E-state index in [2.05, 4.69) is 17.0 Å². The predicted octanol–water partition coefficient (Wildman–Crippen LogP) is 2.35. The molecule has 0 fully saturated rings. The van der Waals surface area contributed by atoms with Crippen molar-refractivity contribution in [3.8, 4) is 11.1 Å². The highest BCUT2D eigenvalue weighted by atomic mass is 16.2. The van der Waals surface area contributed by atoms with E-state index >= 15 is 0 Å². The van der Waals surface area contributed by atoms with Gasteiger partial charge in [0.1, 0.15) is 0 Å². The molecule has 8 heteroatoms. The third-order valence-electron chi connectivity index (χ3n) is 6.17. The summed E-state index contributed by atoms with van der Waals surface area (Å²) >= 11 is 0. The third-order valence-corrected chi connectivity index (χ3v) is 6.17. The number of hydrogen-bond donors (Lipinski definition) is 1. The summed E-state index contributed by atoms with van der Waals surface area (Å²) in [6.07, 6.45) is 5.42. The van der Waals surface area contributed by atoms with Crippen molar-refractivity contribution < 1.29 is 9.59 Å². The molecule has 2 unspecified atom stereocenters. The molecule has 166 valence electrons. The van der Waals surface area contributed by atoms with Gasteiger partial charge < -0.3 is 10.6 Å². The molecule has 1 aliphatic rings. The third kappa shape index (κ3) is 4.62. The Morgan fingerprint density at radius 3 is 2.68 bits per heavy atom. The smallest absolute Gasteiger partial charge is 0.261 e. The molecule has 1 aromatic carbocycles. The van der Waals surface area contributed by atoms with Crippen LogP contribution in [0.3, 0.4) is 0 Å². The molecule has 0 saturated carbocycles. The van der Waals surface area contributed by atoms with Gasteiger partial charge in [-0.2, -0.15) is 5.10 Å². The summed E-state index contributed by atoms with van der Waals surface area (Å²) in [5.74, 6) is 0.391. The zero-order chi connectivity index (χ0) is 22.8. The van der Waals surface area contributed by atoms with E-state index in [9.17, 15) is 9.59 Å². The number of aliphatic imine (C=N–C) groups is 1. The van der Waals surface area contributed by atoms with Gasteiger partial charge in [0.2, 0.25) is 5.91 Å². The van der Waals surface area contributed by atoms with Crippen molar-refractivity contribution in [1.29, 1.82) is 0 Å². The fraction of sp³-hybridized carbons (Fsp3) is 0.478. The number of aromatic nitrogens is 2. The van der Waals surface area contributed by atoms with Gasteiger partial charge >= 0.3 is 0 Å². The van der Waals surface area contributed by atoms with Gasteiger partial charge in [0.25, 0.3) is 5.91 Å². The summed E-state index contributed by atoms with van der Waals surface area (Å²) in [6, 6.07) is 7.81. The SMILES string of the molecule is CCC(CCN(C)C(C)=O)CN1C(=O)C(C)(c2cccc(-c3cnn(C)c3)c2)N=C1N. The first kappa shape index (κ1) is 22.5. The number of nitrogens with two attached hydrogens (primary N) is 1. The fourth-order valence-electron chi connectivity index (χ4n) is 3.86. The van der Waals surface area contributed by atoms with Gasteiger partial charge in [-0.1, -0.05) is 31.5 Å². The van der Waals surface area contributed by atoms with E-state index in [1.165, 1.54) is 0 Å². The maximum absolute atomic E-state index is 13.4. The minimum atomic E-state index is -1.06. The van der Waals surface area contributed by atoms with E-state index < -0.39 is 5.54 Å². The highest BCUT2D eigenvalue weighted by Crippen LogP contribution is 2.35. The summed E-state index contributed by atoms with van der Waals surface area (Å²) in [6.45, 7) is 6.60. The van der Waals surface area contributed by atoms with Crippen LogP contribution in [0.25, 0.3) is 11.1 Å². The first-order valence-corrected chi connectivity index (χ1v) is 10.6. The van der Waals surface area contributed by atoms with Gasteiger partial charge in [-0.15, -0.1) is 0 Å². The molecule has 2 atom stereocenters. The molecule has 0 bridgehead atoms. The molecular formula is C23H32N6O2. The lowest BCUT2D eigenvalue weighted by molar-refractivity contribution is -0.132. The summed E-state index contributed by atoms with van der Waals surface area (Å²) in [5.41, 5.74) is 7.92. The molecular weight excluding hydrogens is 392 g/mol. The predicted molar refractivity (Wildman–Crippen MR) is 121 cm³/mol. The van der Waals surface area contributed by atoms with E-state index in [1.54, 1.807) is 34.6 Å². The second-order valence-corrected chi connectivity index (χ2v) is 8.44. The Bertz CT molecular complexity index is 997. The second kappa shape index (κ2) is 8.91. The molecule has 1 aliphatic heterocycles. The highest BCUT2D eigenvalue weighted by Gasteiger charge is 2.45. The van der Waals surface area contributed by atoms with Gasteiger partial charge in [-0.05, 0) is 36.5 Å². The molecule has 2 N–H and O–H groups in total. The van der Waals surface area contributed by atoms with Crippen LogP contribution in [0.2, 0.25) is 0 Å². The summed E-state index contributed by atoms with van der Waals surface area (Å²) in [7, 11) is 3.66. The lowest BCUT2D eigenvalue weighted by Gasteiger charge is -2.27. The zero-order valence-corrected chi connectivity index (χ0v) is 19.0. The number of aryl methyl sites for hydroxylation is 1. The zero-order valence-electron chi connectivity index (χ0n) is 19.0. The fourth-order valence-corrected chi connectivity index (χ4v) is 3.86. The van der Waals surface area contributed by atoms with E-state index in [4.69, 9.17) is 5.73 Å². The van der Waals surface area contributed by atoms with Gasteiger partial charge in [0, 0.05) is 45.9 Å². The number of rotatable bonds is 8. The van der Waals surface area contributed by atoms with Crippen molar-refractivity contribution in [2.45, 2.75) is 39.2 Å². The number of benzene rings is 1. The summed E-state index contributed by atoms with van der Waals surface area (Å²) in [4.78, 5) is 32.8. The van der Waals surface area contributed by atoms with Crippen LogP contribution in [0, 0.1) is 5.92 Å². The first-order valence-electron chi connectivity index (χ1n) is 10.6. The van der Waals surface area contributed by atoms with Gasteiger partial charge in [0.05, 0.1) is 6.20 Å². The number of amides is 2. The Kier molecular flexibility index (Phi) is 6.48. The molecule has 3 rings (SSSR count). The lowest BCUT2D eigenvalue weighted by atomic mass is 9.89. The molecule has 2 amide bonds. The van der Waals surface area contributed by atoms with Crippen LogP contribution in [-0.4, -0.2) is 57.5 Å². The van der Waals surface area contributed by atoms with Crippen molar-refractivity contribution in [2.24, 2.45) is 23.7 Å². The Morgan fingerprint density at radius 1 is 1.32 bits per heavy atom. The minimum absolute atomic E-state index is 0.0363. The molecule has 0 saturated heterocycles. The van der Waals surface area contributed by atoms with E-state index in [0.717, 1.165) is 29.5 Å². The average Bonchev–Trinajstić information content (AvgIpc) is 3.27. The molecule has 31 heavy (non-hydrogen) atoms. The largest absolute Gasteiger partial charge is 0.369 e. The highest BCUT2D eigenvalue weighted by molar-refractivity contribution is 6.07. The van der Waals surface area contributed by atoms with Crippen molar-refractivity contribution >= 4 is 17.8 Å². The number of carbonyl (C=O) groups is 2. The van der Waals surface area contributed by atoms with Crippen LogP contribution < -0.4 is 5.73 Å². The maximum Gasteiger partial charge on any atom is 0.261 e. The van der Waals surface area contributed by atoms with Crippen LogP contribution in [0.5, 0.6) is 0 Å². The van der Waals surface area contributed by atoms with Crippen LogP contribution in [0.1, 0.15) is 39.2 Å². The second-order valence-electron chi connectivity index (χ2n) is 8.44. The molecule has 8 nitrogen and oxygen atoms in total. The van der Waals surface area contributed by atoms with Crippen LogP contribution in [-0.2, 0) is 22.2 Å². The Balaban J connectivity index is 1.78. The van der Waals surface area contributed by atoms with Crippen LogP contribution in [0.15, 0.2) is 41.7 Å². The molecule has 0 spiro atoms. The van der Waals surface area contributed by atoms with Gasteiger partial charge in [-0.25, -0.2) is 4.99 Å². The van der Waals surface area contributed by atoms with Crippen molar-refractivity contribution in [3.63, 3.8) is 0 Å². The molecule has 0 radical (unpaired) electrons. The van der Waals surface area contributed by atoms with Crippen molar-refractivity contribution in [2.75, 3.05) is 20.1 Å². The van der Waals surface area contributed by atoms with Crippen LogP contribution in [0.4, 0.5) is 0 Å². The number of guanidine groups is 1. The number of carbonyl (C=O) groups excluding carboxylic acids is 2. The monoisotopic (exact) mass is 424 g/mol. The van der Waals surface area contributed by atoms with Crippen LogP contribution >= 0.6 is 0 Å². The molecule has 1 aromatic heterocycles. The minimum Gasteiger partial charge on any atom is -0.369 e. The average molecular weight is 425 g/mol. The van der Waals surface area contributed by atoms with E-state index in [1.807, 2.05) is 44.4 Å². The number of hydrogen-bond acceptors (Lipinski definition) is 5. The molecule has 2 heterocycles. The first-order chi connectivity index (χ1) is 14.7. The Hall–Kier alpha value is -3.16. The Labute approximate surface area is 183 Å². The standard InChI is InChI=1S/C23H32N6O2/c1-6-17(10-11-27(4)16(2)30)14-29-21(31)23(3,26-22(29)24)20-9-7-8-18(12-20)19-13-25-28(5)15-19/h7-9,12-13,15,17H,6,10-11,14H2,1-5H3,(H2,24,26). The van der Waals surface area contributed by atoms with Crippen molar-refractivity contribution in [3.05, 3.63) is 42.2 Å². The summed E-state index contributed by atoms with van der Waals surface area (Å²) < 4.78 is 1.75. The van der Waals surface area contributed by atoms with Gasteiger partial charge in [0.15, 0.2) is 11.5 Å². The molecule has 0 aliphatic carbocycles. The van der Waals surface area contributed by atoms with E-state index in [-0.39, 0.29) is 23.7 Å². The Morgan fingerprint density at radius 2 is 2.06 bits per heavy atom. The number of nitrogens with zero attached hydrogens (tertiary/aromatic N) is 5. The van der Waals surface area contributed by atoms with E-state index in [0.29, 0.717) is 13.1 Å². The van der Waals surface area contributed by atoms with Crippen molar-refractivity contribution in [1.82, 2.24) is 19.6 Å². The topological polar surface area (TPSA) is 96.8 Å². The summed E-state index contributed by atoms with van der Waals surface area (Å²) in [5, 5.41) is 4.23. The lowest BCUT2D eigenvalue weighted by Crippen LogP contribution is -2.44.